The Labute approximate surface area is 185 Å². The molecule has 0 aliphatic carbocycles. The number of aliphatic hydroxyl groups excluding tert-OH is 1. The average Bonchev–Trinajstić information content (AvgIpc) is 3.13. The van der Waals surface area contributed by atoms with Crippen LogP contribution < -0.4 is 5.32 Å². The second kappa shape index (κ2) is 8.10. The van der Waals surface area contributed by atoms with Crippen LogP contribution in [0.5, 0.6) is 0 Å². The highest BCUT2D eigenvalue weighted by molar-refractivity contribution is 8.03. The maximum absolute atomic E-state index is 12.9. The topological polar surface area (TPSA) is 137 Å². The number of aliphatic hydroxyl groups is 1. The second-order valence-electron chi connectivity index (χ2n) is 8.95. The van der Waals surface area contributed by atoms with Gasteiger partial charge in [-0.2, -0.15) is 0 Å². The van der Waals surface area contributed by atoms with Gasteiger partial charge < -0.3 is 25.3 Å². The Kier molecular flexibility index (Phi) is 5.78. The zero-order valence-corrected chi connectivity index (χ0v) is 18.6. The first-order valence-electron chi connectivity index (χ1n) is 10.5. The van der Waals surface area contributed by atoms with E-state index >= 15 is 0 Å². The lowest BCUT2D eigenvalue weighted by molar-refractivity contribution is -0.163. The first-order chi connectivity index (χ1) is 14.6. The van der Waals surface area contributed by atoms with Crippen LogP contribution in [0.25, 0.3) is 0 Å². The lowest BCUT2D eigenvalue weighted by Gasteiger charge is -2.46. The molecule has 6 atom stereocenters. The molecule has 10 nitrogen and oxygen atoms in total. The van der Waals surface area contributed by atoms with Crippen molar-refractivity contribution in [2.45, 2.75) is 49.7 Å². The molecule has 0 aromatic rings. The smallest absolute Gasteiger partial charge is 0.353 e. The Morgan fingerprint density at radius 1 is 1.32 bits per heavy atom. The molecule has 0 unspecified atom stereocenters. The fraction of sp³-hybridized carbons (Fsp3) is 0.700. The van der Waals surface area contributed by atoms with Crippen molar-refractivity contribution in [1.29, 1.82) is 5.41 Å². The third-order valence-electron chi connectivity index (χ3n) is 6.91. The zero-order valence-electron chi connectivity index (χ0n) is 17.8. The summed E-state index contributed by atoms with van der Waals surface area (Å²) < 4.78 is 0. The van der Waals surface area contributed by atoms with Crippen molar-refractivity contribution in [2.24, 2.45) is 11.8 Å². The van der Waals surface area contributed by atoms with Gasteiger partial charge in [0.05, 0.1) is 36.5 Å². The van der Waals surface area contributed by atoms with Crippen molar-refractivity contribution >= 4 is 35.9 Å². The number of carboxylic acid groups (broad SMARTS) is 1. The Hall–Kier alpha value is -2.11. The summed E-state index contributed by atoms with van der Waals surface area (Å²) in [5.41, 5.74) is 0.0325. The third-order valence-corrected chi connectivity index (χ3v) is 8.41. The van der Waals surface area contributed by atoms with E-state index in [2.05, 4.69) is 5.32 Å². The van der Waals surface area contributed by atoms with Crippen LogP contribution >= 0.6 is 11.8 Å². The van der Waals surface area contributed by atoms with E-state index in [1.54, 1.807) is 11.8 Å². The van der Waals surface area contributed by atoms with Crippen molar-refractivity contribution in [3.05, 3.63) is 10.6 Å². The maximum Gasteiger partial charge on any atom is 0.353 e. The summed E-state index contributed by atoms with van der Waals surface area (Å²) in [7, 11) is 1.90. The van der Waals surface area contributed by atoms with Crippen LogP contribution in [0.15, 0.2) is 10.6 Å². The van der Waals surface area contributed by atoms with E-state index in [9.17, 15) is 24.6 Å². The number of aliphatic carboxylic acids is 1. The van der Waals surface area contributed by atoms with E-state index in [1.165, 1.54) is 16.7 Å². The van der Waals surface area contributed by atoms with Gasteiger partial charge >= 0.3 is 5.97 Å². The lowest BCUT2D eigenvalue weighted by Crippen LogP contribution is -2.63. The van der Waals surface area contributed by atoms with Crippen LogP contribution in [-0.2, 0) is 14.4 Å². The van der Waals surface area contributed by atoms with Crippen molar-refractivity contribution in [3.63, 3.8) is 0 Å². The number of likely N-dealkylation sites (tertiary alicyclic amines) is 2. The van der Waals surface area contributed by atoms with Crippen molar-refractivity contribution in [2.75, 3.05) is 26.7 Å². The number of likely N-dealkylation sites (N-methyl/N-ethyl adjacent to an activating group) is 1. The largest absolute Gasteiger partial charge is 0.477 e. The molecule has 0 aromatic carbocycles. The molecular weight excluding hydrogens is 422 g/mol. The van der Waals surface area contributed by atoms with E-state index in [-0.39, 0.29) is 46.8 Å². The van der Waals surface area contributed by atoms with Gasteiger partial charge in [-0.1, -0.05) is 6.92 Å². The van der Waals surface area contributed by atoms with Crippen molar-refractivity contribution < 1.29 is 24.6 Å². The molecule has 170 valence electrons. The molecule has 0 spiro atoms. The molecule has 0 saturated carbocycles. The molecule has 2 amide bonds. The van der Waals surface area contributed by atoms with Gasteiger partial charge in [-0.15, -0.1) is 11.8 Å². The molecule has 11 heteroatoms. The quantitative estimate of drug-likeness (QED) is 0.228. The molecule has 4 aliphatic heterocycles. The highest BCUT2D eigenvalue weighted by Gasteiger charge is 2.60. The van der Waals surface area contributed by atoms with Crippen LogP contribution in [-0.4, -0.2) is 105 Å². The number of nitrogens with zero attached hydrogens (tertiary/aromatic N) is 3. The molecule has 4 heterocycles. The van der Waals surface area contributed by atoms with E-state index in [1.807, 2.05) is 18.9 Å². The third kappa shape index (κ3) is 3.52. The molecule has 3 fully saturated rings. The van der Waals surface area contributed by atoms with E-state index in [4.69, 9.17) is 5.41 Å². The summed E-state index contributed by atoms with van der Waals surface area (Å²) in [5, 5.41) is 29.8. The predicted octanol–water partition coefficient (Wildman–Crippen LogP) is -0.647. The number of hydrogen-bond donors (Lipinski definition) is 4. The normalized spacial score (nSPS) is 34.3. The molecule has 4 rings (SSSR count). The SMILES string of the molecule is C[C@@H](O)[C@H]1C(=O)N2C(C(=O)O)=C(S[C@H]3C[C@@H](C(=O)N4CC(NC=N)C4)N(C)C3)[C@H](C)[C@H]12. The Morgan fingerprint density at radius 2 is 2.00 bits per heavy atom. The fourth-order valence-electron chi connectivity index (χ4n) is 5.28. The van der Waals surface area contributed by atoms with Gasteiger partial charge in [-0.05, 0) is 20.4 Å². The summed E-state index contributed by atoms with van der Waals surface area (Å²) in [4.78, 5) is 43.2. The van der Waals surface area contributed by atoms with Gasteiger partial charge in [-0.25, -0.2) is 4.79 Å². The van der Waals surface area contributed by atoms with E-state index < -0.39 is 18.0 Å². The van der Waals surface area contributed by atoms with Crippen LogP contribution in [0.1, 0.15) is 20.3 Å². The average molecular weight is 452 g/mol. The summed E-state index contributed by atoms with van der Waals surface area (Å²) in [6, 6.07) is -0.449. The minimum atomic E-state index is -1.13. The van der Waals surface area contributed by atoms with Crippen LogP contribution in [0.4, 0.5) is 0 Å². The number of nitrogens with one attached hydrogen (secondary N) is 2. The fourth-order valence-corrected chi connectivity index (χ4v) is 6.88. The van der Waals surface area contributed by atoms with Crippen molar-refractivity contribution in [1.82, 2.24) is 20.0 Å². The van der Waals surface area contributed by atoms with Crippen LogP contribution in [0.3, 0.4) is 0 Å². The van der Waals surface area contributed by atoms with Gasteiger partial charge in [0.2, 0.25) is 11.8 Å². The van der Waals surface area contributed by atoms with E-state index in [0.717, 1.165) is 6.34 Å². The number of β-lactam (4-membered cyclic amide) rings is 1. The number of rotatable bonds is 7. The number of carbonyl (C=O) groups is 3. The van der Waals surface area contributed by atoms with Gasteiger partial charge in [0.15, 0.2) is 0 Å². The van der Waals surface area contributed by atoms with Gasteiger partial charge in [0, 0.05) is 35.7 Å². The Morgan fingerprint density at radius 3 is 2.58 bits per heavy atom. The molecule has 4 aliphatic rings. The summed E-state index contributed by atoms with van der Waals surface area (Å²) in [5.74, 6) is -2.14. The van der Waals surface area contributed by atoms with Crippen LogP contribution in [0, 0.1) is 17.2 Å². The minimum absolute atomic E-state index is 0.0325. The number of carbonyl (C=O) groups excluding carboxylic acids is 2. The Bertz CT molecular complexity index is 842. The summed E-state index contributed by atoms with van der Waals surface area (Å²) >= 11 is 1.46. The number of hydrogen-bond acceptors (Lipinski definition) is 7. The molecule has 4 N–H and O–H groups in total. The van der Waals surface area contributed by atoms with Gasteiger partial charge in [-0.3, -0.25) is 19.9 Å². The van der Waals surface area contributed by atoms with Gasteiger partial charge in [0.25, 0.3) is 0 Å². The molecule has 0 bridgehead atoms. The first-order valence-corrected chi connectivity index (χ1v) is 11.4. The molecule has 3 saturated heterocycles. The number of amides is 2. The van der Waals surface area contributed by atoms with E-state index in [0.29, 0.717) is 31.0 Å². The Balaban J connectivity index is 1.44. The van der Waals surface area contributed by atoms with Crippen molar-refractivity contribution in [3.8, 4) is 0 Å². The standard InChI is InChI=1S/C20H29N5O5S/c1-9-15-14(10(2)26)19(28)25(15)16(20(29)30)17(9)31-12-4-13(23(3)7-12)18(27)24-5-11(6-24)22-8-21/h8-15,26H,4-7H2,1-3H3,(H2,21,22)(H,29,30)/t9-,10-,12+,13+,14-,15-/m1/s1. The summed E-state index contributed by atoms with van der Waals surface area (Å²) in [6.07, 6.45) is 0.936. The minimum Gasteiger partial charge on any atom is -0.477 e. The first kappa shape index (κ1) is 22.1. The number of carboxylic acids is 1. The number of thioether (sulfide) groups is 1. The molecular formula is C20H29N5O5S. The van der Waals surface area contributed by atoms with Crippen LogP contribution in [0.2, 0.25) is 0 Å². The zero-order chi connectivity index (χ0) is 22.6. The lowest BCUT2D eigenvalue weighted by atomic mass is 9.79. The molecule has 0 aromatic heterocycles. The predicted molar refractivity (Wildman–Crippen MR) is 114 cm³/mol. The second-order valence-corrected chi connectivity index (χ2v) is 10.3. The summed E-state index contributed by atoms with van der Waals surface area (Å²) in [6.45, 7) is 5.30. The molecule has 31 heavy (non-hydrogen) atoms. The van der Waals surface area contributed by atoms with Gasteiger partial charge in [0.1, 0.15) is 5.70 Å². The monoisotopic (exact) mass is 451 g/mol. The number of fused-ring (bicyclic) bond motifs is 1. The molecule has 0 radical (unpaired) electrons. The highest BCUT2D eigenvalue weighted by Crippen LogP contribution is 2.52. The highest BCUT2D eigenvalue weighted by atomic mass is 32.2. The maximum atomic E-state index is 12.9.